The normalized spacial score (nSPS) is 21.1. The zero-order valence-electron chi connectivity index (χ0n) is 11.2. The van der Waals surface area contributed by atoms with Crippen LogP contribution in [-0.4, -0.2) is 53.4 Å². The van der Waals surface area contributed by atoms with E-state index in [9.17, 15) is 4.79 Å². The molecule has 0 aliphatic carbocycles. The van der Waals surface area contributed by atoms with Crippen molar-refractivity contribution in [2.24, 2.45) is 0 Å². The second-order valence-corrected chi connectivity index (χ2v) is 4.99. The fraction of sp³-hybridized carbons (Fsp3) is 0.538. The van der Waals surface area contributed by atoms with Gasteiger partial charge in [-0.2, -0.15) is 0 Å². The van der Waals surface area contributed by atoms with Gasteiger partial charge >= 0.3 is 0 Å². The third kappa shape index (κ3) is 2.46. The van der Waals surface area contributed by atoms with Crippen molar-refractivity contribution in [3.63, 3.8) is 0 Å². The van der Waals surface area contributed by atoms with Crippen LogP contribution in [0.5, 0.6) is 0 Å². The summed E-state index contributed by atoms with van der Waals surface area (Å²) in [6, 6.07) is 2.12. The Balaban J connectivity index is 2.16. The number of nitrogens with zero attached hydrogens (tertiary/aromatic N) is 3. The van der Waals surface area contributed by atoms with E-state index >= 15 is 0 Å². The van der Waals surface area contributed by atoms with Crippen LogP contribution in [0.1, 0.15) is 23.0 Å². The maximum Gasteiger partial charge on any atom is 0.257 e. The number of hydrogen-bond acceptors (Lipinski definition) is 4. The van der Waals surface area contributed by atoms with Gasteiger partial charge in [0.15, 0.2) is 0 Å². The fourth-order valence-electron chi connectivity index (χ4n) is 2.16. The summed E-state index contributed by atoms with van der Waals surface area (Å²) in [5.41, 5.74) is 7.75. The van der Waals surface area contributed by atoms with E-state index in [0.717, 1.165) is 25.3 Å². The topological polar surface area (TPSA) is 62.5 Å². The van der Waals surface area contributed by atoms with Crippen LogP contribution >= 0.6 is 0 Å². The van der Waals surface area contributed by atoms with Crippen molar-refractivity contribution in [2.45, 2.75) is 19.9 Å². The van der Waals surface area contributed by atoms with Gasteiger partial charge in [-0.25, -0.2) is 0 Å². The zero-order valence-corrected chi connectivity index (χ0v) is 11.2. The molecule has 0 spiro atoms. The number of anilines is 1. The lowest BCUT2D eigenvalue weighted by atomic mass is 10.1. The molecule has 1 fully saturated rings. The van der Waals surface area contributed by atoms with Gasteiger partial charge in [-0.3, -0.25) is 9.78 Å². The van der Waals surface area contributed by atoms with Crippen molar-refractivity contribution in [3.05, 3.63) is 23.5 Å². The highest BCUT2D eigenvalue weighted by Gasteiger charge is 2.26. The number of nitrogen functional groups attached to an aromatic ring is 1. The first-order valence-electron chi connectivity index (χ1n) is 6.20. The van der Waals surface area contributed by atoms with Crippen LogP contribution in [0.15, 0.2) is 12.3 Å². The van der Waals surface area contributed by atoms with Gasteiger partial charge in [0.25, 0.3) is 5.91 Å². The van der Waals surface area contributed by atoms with Crippen molar-refractivity contribution in [3.8, 4) is 0 Å². The lowest BCUT2D eigenvalue weighted by Gasteiger charge is -2.37. The minimum atomic E-state index is -0.0139. The molecule has 1 aliphatic heterocycles. The molecule has 1 unspecified atom stereocenters. The molecule has 0 aromatic carbocycles. The molecule has 18 heavy (non-hydrogen) atoms. The SMILES string of the molecule is Cc1cc(N)c(C(=O)N2CCN(C)C(C)C2)cn1. The van der Waals surface area contributed by atoms with E-state index < -0.39 is 0 Å². The molecule has 1 amide bonds. The second kappa shape index (κ2) is 4.94. The summed E-state index contributed by atoms with van der Waals surface area (Å²) >= 11 is 0. The summed E-state index contributed by atoms with van der Waals surface area (Å²) in [6.07, 6.45) is 1.58. The molecule has 1 aliphatic rings. The van der Waals surface area contributed by atoms with Crippen LogP contribution < -0.4 is 5.73 Å². The molecule has 0 saturated carbocycles. The van der Waals surface area contributed by atoms with Crippen LogP contribution in [0.25, 0.3) is 0 Å². The number of pyridine rings is 1. The quantitative estimate of drug-likeness (QED) is 0.796. The standard InChI is InChI=1S/C13H20N4O/c1-9-6-12(14)11(7-15-9)13(18)17-5-4-16(3)10(2)8-17/h6-7,10H,4-5,8H2,1-3H3,(H2,14,15). The number of carbonyl (C=O) groups excluding carboxylic acids is 1. The number of rotatable bonds is 1. The number of hydrogen-bond donors (Lipinski definition) is 1. The Morgan fingerprint density at radius 3 is 2.83 bits per heavy atom. The molecular weight excluding hydrogens is 228 g/mol. The molecule has 2 rings (SSSR count). The first kappa shape index (κ1) is 12.8. The molecule has 1 aromatic rings. The average molecular weight is 248 g/mol. The Morgan fingerprint density at radius 2 is 2.22 bits per heavy atom. The minimum absolute atomic E-state index is 0.0139. The maximum atomic E-state index is 12.4. The molecule has 1 saturated heterocycles. The molecule has 1 atom stereocenters. The van der Waals surface area contributed by atoms with Gasteiger partial charge in [0.2, 0.25) is 0 Å². The molecule has 0 radical (unpaired) electrons. The molecule has 2 heterocycles. The van der Waals surface area contributed by atoms with Gasteiger partial charge in [0.05, 0.1) is 5.56 Å². The second-order valence-electron chi connectivity index (χ2n) is 4.99. The van der Waals surface area contributed by atoms with E-state index in [4.69, 9.17) is 5.73 Å². The Morgan fingerprint density at radius 1 is 1.50 bits per heavy atom. The summed E-state index contributed by atoms with van der Waals surface area (Å²) in [7, 11) is 2.08. The predicted octanol–water partition coefficient (Wildman–Crippen LogP) is 0.748. The van der Waals surface area contributed by atoms with E-state index in [-0.39, 0.29) is 5.91 Å². The Bertz CT molecular complexity index is 460. The number of aryl methyl sites for hydroxylation is 1. The van der Waals surface area contributed by atoms with Crippen molar-refractivity contribution >= 4 is 11.6 Å². The number of amides is 1. The lowest BCUT2D eigenvalue weighted by Crippen LogP contribution is -2.52. The molecule has 5 heteroatoms. The van der Waals surface area contributed by atoms with E-state index in [2.05, 4.69) is 23.9 Å². The maximum absolute atomic E-state index is 12.4. The van der Waals surface area contributed by atoms with Gasteiger partial charge < -0.3 is 15.5 Å². The van der Waals surface area contributed by atoms with Gasteiger partial charge in [0, 0.05) is 43.3 Å². The van der Waals surface area contributed by atoms with Crippen molar-refractivity contribution in [1.29, 1.82) is 0 Å². The van der Waals surface area contributed by atoms with Gasteiger partial charge in [-0.05, 0) is 27.0 Å². The van der Waals surface area contributed by atoms with E-state index in [0.29, 0.717) is 17.3 Å². The highest BCUT2D eigenvalue weighted by Crippen LogP contribution is 2.16. The van der Waals surface area contributed by atoms with Gasteiger partial charge in [-0.1, -0.05) is 0 Å². The molecule has 0 bridgehead atoms. The predicted molar refractivity (Wildman–Crippen MR) is 71.4 cm³/mol. The van der Waals surface area contributed by atoms with E-state index in [1.165, 1.54) is 0 Å². The lowest BCUT2D eigenvalue weighted by molar-refractivity contribution is 0.0573. The third-order valence-electron chi connectivity index (χ3n) is 3.55. The van der Waals surface area contributed by atoms with E-state index in [1.54, 1.807) is 12.3 Å². The zero-order chi connectivity index (χ0) is 13.3. The van der Waals surface area contributed by atoms with Crippen LogP contribution in [0.2, 0.25) is 0 Å². The molecule has 5 nitrogen and oxygen atoms in total. The molecule has 98 valence electrons. The van der Waals surface area contributed by atoms with Crippen molar-refractivity contribution in [1.82, 2.24) is 14.8 Å². The Kier molecular flexibility index (Phi) is 3.52. The first-order valence-corrected chi connectivity index (χ1v) is 6.20. The highest BCUT2D eigenvalue weighted by molar-refractivity contribution is 5.98. The fourth-order valence-corrected chi connectivity index (χ4v) is 2.16. The van der Waals surface area contributed by atoms with Gasteiger partial charge in [0.1, 0.15) is 0 Å². The Hall–Kier alpha value is -1.62. The first-order chi connectivity index (χ1) is 8.49. The highest BCUT2D eigenvalue weighted by atomic mass is 16.2. The summed E-state index contributed by atoms with van der Waals surface area (Å²) in [5.74, 6) is -0.0139. The van der Waals surface area contributed by atoms with Crippen LogP contribution in [-0.2, 0) is 0 Å². The Labute approximate surface area is 108 Å². The number of nitrogens with two attached hydrogens (primary N) is 1. The van der Waals surface area contributed by atoms with Crippen molar-refractivity contribution < 1.29 is 4.79 Å². The largest absolute Gasteiger partial charge is 0.398 e. The number of aromatic nitrogens is 1. The number of likely N-dealkylation sites (N-methyl/N-ethyl adjacent to an activating group) is 1. The third-order valence-corrected chi connectivity index (χ3v) is 3.55. The summed E-state index contributed by atoms with van der Waals surface area (Å²) < 4.78 is 0. The minimum Gasteiger partial charge on any atom is -0.398 e. The smallest absolute Gasteiger partial charge is 0.257 e. The summed E-state index contributed by atoms with van der Waals surface area (Å²) in [4.78, 5) is 20.6. The molecule has 1 aromatic heterocycles. The van der Waals surface area contributed by atoms with Crippen LogP contribution in [0.3, 0.4) is 0 Å². The summed E-state index contributed by atoms with van der Waals surface area (Å²) in [6.45, 7) is 6.36. The van der Waals surface area contributed by atoms with Gasteiger partial charge in [-0.15, -0.1) is 0 Å². The average Bonchev–Trinajstić information content (AvgIpc) is 2.32. The van der Waals surface area contributed by atoms with E-state index in [1.807, 2.05) is 11.8 Å². The van der Waals surface area contributed by atoms with Crippen LogP contribution in [0.4, 0.5) is 5.69 Å². The van der Waals surface area contributed by atoms with Crippen molar-refractivity contribution in [2.75, 3.05) is 32.4 Å². The number of carbonyl (C=O) groups is 1. The molecular formula is C13H20N4O. The monoisotopic (exact) mass is 248 g/mol. The number of piperazine rings is 1. The van der Waals surface area contributed by atoms with Crippen LogP contribution in [0, 0.1) is 6.92 Å². The summed E-state index contributed by atoms with van der Waals surface area (Å²) in [5, 5.41) is 0. The molecule has 2 N–H and O–H groups in total.